The lowest BCUT2D eigenvalue weighted by molar-refractivity contribution is 0.582. The third kappa shape index (κ3) is 3.81. The molecule has 0 aliphatic rings. The standard InChI is InChI=1S/C9H15N3/c1-6-10-8(9(3,4)5)12-11-7-2/h6-7H,1-2H2,3-5H3/b10-8-,12-11-. The maximum atomic E-state index is 4.01. The van der Waals surface area contributed by atoms with Crippen molar-refractivity contribution in [2.45, 2.75) is 20.8 Å². The molecule has 0 heterocycles. The van der Waals surface area contributed by atoms with Crippen LogP contribution in [0.15, 0.2) is 40.8 Å². The quantitative estimate of drug-likeness (QED) is 0.342. The molecule has 0 atom stereocenters. The lowest BCUT2D eigenvalue weighted by atomic mass is 9.95. The van der Waals surface area contributed by atoms with Crippen LogP contribution in [0.5, 0.6) is 0 Å². The SMILES string of the molecule is C=C/N=N\C(=N/C=C)C(C)(C)C. The second kappa shape index (κ2) is 4.59. The normalized spacial score (nSPS) is 13.4. The van der Waals surface area contributed by atoms with Crippen molar-refractivity contribution in [2.75, 3.05) is 0 Å². The summed E-state index contributed by atoms with van der Waals surface area (Å²) >= 11 is 0. The average molecular weight is 165 g/mol. The largest absolute Gasteiger partial charge is 0.240 e. The Morgan fingerprint density at radius 2 is 1.75 bits per heavy atom. The van der Waals surface area contributed by atoms with E-state index in [9.17, 15) is 0 Å². The van der Waals surface area contributed by atoms with Crippen LogP contribution in [-0.2, 0) is 0 Å². The average Bonchev–Trinajstić information content (AvgIpc) is 1.95. The number of azo groups is 1. The summed E-state index contributed by atoms with van der Waals surface area (Å²) in [5.74, 6) is 0.650. The van der Waals surface area contributed by atoms with Crippen LogP contribution in [0.1, 0.15) is 20.8 Å². The zero-order valence-corrected chi connectivity index (χ0v) is 7.91. The highest BCUT2D eigenvalue weighted by Gasteiger charge is 2.17. The van der Waals surface area contributed by atoms with Crippen LogP contribution in [0.3, 0.4) is 0 Å². The van der Waals surface area contributed by atoms with Gasteiger partial charge in [0.25, 0.3) is 0 Å². The molecule has 0 aliphatic carbocycles. The van der Waals surface area contributed by atoms with Crippen molar-refractivity contribution >= 4 is 5.84 Å². The molecule has 0 radical (unpaired) electrons. The zero-order chi connectivity index (χ0) is 9.61. The van der Waals surface area contributed by atoms with Gasteiger partial charge in [-0.25, -0.2) is 4.99 Å². The molecule has 0 aromatic carbocycles. The van der Waals surface area contributed by atoms with E-state index in [0.29, 0.717) is 5.84 Å². The van der Waals surface area contributed by atoms with Gasteiger partial charge in [-0.05, 0) is 0 Å². The highest BCUT2D eigenvalue weighted by Crippen LogP contribution is 2.17. The van der Waals surface area contributed by atoms with Gasteiger partial charge in [-0.15, -0.1) is 5.11 Å². The molecule has 0 unspecified atom stereocenters. The maximum absolute atomic E-state index is 4.01. The molecule has 0 saturated heterocycles. The van der Waals surface area contributed by atoms with Gasteiger partial charge in [0.15, 0.2) is 5.84 Å². The molecular formula is C9H15N3. The van der Waals surface area contributed by atoms with Gasteiger partial charge in [0.05, 0.1) is 0 Å². The Balaban J connectivity index is 4.68. The molecule has 0 N–H and O–H groups in total. The van der Waals surface area contributed by atoms with E-state index >= 15 is 0 Å². The molecule has 0 bridgehead atoms. The predicted molar refractivity (Wildman–Crippen MR) is 52.1 cm³/mol. The zero-order valence-electron chi connectivity index (χ0n) is 7.91. The van der Waals surface area contributed by atoms with Gasteiger partial charge < -0.3 is 0 Å². The first kappa shape index (κ1) is 10.8. The second-order valence-corrected chi connectivity index (χ2v) is 3.28. The summed E-state index contributed by atoms with van der Waals surface area (Å²) in [4.78, 5) is 4.01. The van der Waals surface area contributed by atoms with Crippen LogP contribution >= 0.6 is 0 Å². The van der Waals surface area contributed by atoms with Crippen LogP contribution in [0.2, 0.25) is 0 Å². The van der Waals surface area contributed by atoms with Crippen molar-refractivity contribution in [1.29, 1.82) is 0 Å². The van der Waals surface area contributed by atoms with E-state index in [-0.39, 0.29) is 5.41 Å². The van der Waals surface area contributed by atoms with Gasteiger partial charge in [-0.3, -0.25) is 0 Å². The van der Waals surface area contributed by atoms with Crippen LogP contribution < -0.4 is 0 Å². The third-order valence-electron chi connectivity index (χ3n) is 1.12. The van der Waals surface area contributed by atoms with E-state index in [0.717, 1.165) is 0 Å². The molecule has 0 amide bonds. The first-order valence-corrected chi connectivity index (χ1v) is 3.73. The monoisotopic (exact) mass is 165 g/mol. The minimum atomic E-state index is -0.110. The topological polar surface area (TPSA) is 37.1 Å². The van der Waals surface area contributed by atoms with Gasteiger partial charge in [-0.1, -0.05) is 33.9 Å². The van der Waals surface area contributed by atoms with Crippen molar-refractivity contribution in [1.82, 2.24) is 0 Å². The van der Waals surface area contributed by atoms with Crippen molar-refractivity contribution in [3.8, 4) is 0 Å². The maximum Gasteiger partial charge on any atom is 0.156 e. The highest BCUT2D eigenvalue weighted by molar-refractivity contribution is 5.87. The lowest BCUT2D eigenvalue weighted by Gasteiger charge is -2.15. The lowest BCUT2D eigenvalue weighted by Crippen LogP contribution is -2.17. The number of hydrogen-bond donors (Lipinski definition) is 0. The minimum Gasteiger partial charge on any atom is -0.240 e. The van der Waals surface area contributed by atoms with Crippen LogP contribution in [0.25, 0.3) is 0 Å². The molecular weight excluding hydrogens is 150 g/mol. The smallest absolute Gasteiger partial charge is 0.156 e. The molecule has 0 rings (SSSR count). The van der Waals surface area contributed by atoms with Gasteiger partial charge in [0.1, 0.15) is 0 Å². The van der Waals surface area contributed by atoms with Crippen LogP contribution in [0.4, 0.5) is 0 Å². The molecule has 3 nitrogen and oxygen atoms in total. The first-order valence-electron chi connectivity index (χ1n) is 3.73. The number of amidine groups is 1. The van der Waals surface area contributed by atoms with E-state index in [1.807, 2.05) is 20.8 Å². The van der Waals surface area contributed by atoms with Crippen LogP contribution in [-0.4, -0.2) is 5.84 Å². The molecule has 12 heavy (non-hydrogen) atoms. The van der Waals surface area contributed by atoms with E-state index in [2.05, 4.69) is 28.4 Å². The summed E-state index contributed by atoms with van der Waals surface area (Å²) in [5, 5.41) is 7.56. The second-order valence-electron chi connectivity index (χ2n) is 3.28. The summed E-state index contributed by atoms with van der Waals surface area (Å²) in [6, 6.07) is 0. The Bertz CT molecular complexity index is 218. The fourth-order valence-electron chi connectivity index (χ4n) is 0.551. The Kier molecular flexibility index (Phi) is 4.11. The Morgan fingerprint density at radius 1 is 1.17 bits per heavy atom. The Hall–Kier alpha value is -1.25. The van der Waals surface area contributed by atoms with Gasteiger partial charge in [-0.2, -0.15) is 5.11 Å². The van der Waals surface area contributed by atoms with Crippen LogP contribution in [0, 0.1) is 5.41 Å². The van der Waals surface area contributed by atoms with Crippen molar-refractivity contribution < 1.29 is 0 Å². The fraction of sp³-hybridized carbons (Fsp3) is 0.444. The van der Waals surface area contributed by atoms with E-state index < -0.39 is 0 Å². The Morgan fingerprint density at radius 3 is 2.08 bits per heavy atom. The molecule has 0 saturated carbocycles. The molecule has 0 aromatic heterocycles. The summed E-state index contributed by atoms with van der Waals surface area (Å²) in [7, 11) is 0. The Labute approximate surface area is 73.6 Å². The molecule has 0 fully saturated rings. The number of aliphatic imine (C=N–C) groups is 1. The molecule has 0 aromatic rings. The predicted octanol–water partition coefficient (Wildman–Crippen LogP) is 3.17. The summed E-state index contributed by atoms with van der Waals surface area (Å²) in [6.45, 7) is 13.0. The minimum absolute atomic E-state index is 0.110. The van der Waals surface area contributed by atoms with E-state index in [4.69, 9.17) is 0 Å². The van der Waals surface area contributed by atoms with Crippen molar-refractivity contribution in [3.05, 3.63) is 25.6 Å². The van der Waals surface area contributed by atoms with E-state index in [1.54, 1.807) is 0 Å². The fourth-order valence-corrected chi connectivity index (χ4v) is 0.551. The van der Waals surface area contributed by atoms with Gasteiger partial charge >= 0.3 is 0 Å². The molecule has 0 spiro atoms. The van der Waals surface area contributed by atoms with Gasteiger partial charge in [0, 0.05) is 17.8 Å². The first-order chi connectivity index (χ1) is 5.52. The van der Waals surface area contributed by atoms with Gasteiger partial charge in [0.2, 0.25) is 0 Å². The number of hydrogen-bond acceptors (Lipinski definition) is 2. The molecule has 3 heteroatoms. The molecule has 0 aliphatic heterocycles. The summed E-state index contributed by atoms with van der Waals surface area (Å²) in [5.41, 5.74) is -0.110. The molecule has 66 valence electrons. The van der Waals surface area contributed by atoms with E-state index in [1.165, 1.54) is 12.4 Å². The highest BCUT2D eigenvalue weighted by atomic mass is 15.1. The summed E-state index contributed by atoms with van der Waals surface area (Å²) in [6.07, 6.45) is 2.84. The summed E-state index contributed by atoms with van der Waals surface area (Å²) < 4.78 is 0. The number of nitrogens with zero attached hydrogens (tertiary/aromatic N) is 3. The van der Waals surface area contributed by atoms with Crippen molar-refractivity contribution in [3.63, 3.8) is 0 Å². The van der Waals surface area contributed by atoms with Crippen molar-refractivity contribution in [2.24, 2.45) is 20.6 Å². The number of rotatable bonds is 2. The third-order valence-corrected chi connectivity index (χ3v) is 1.12.